The Balaban J connectivity index is 1.74. The molecule has 0 aliphatic heterocycles. The van der Waals surface area contributed by atoms with E-state index in [9.17, 15) is 4.79 Å². The molecule has 3 aromatic rings. The summed E-state index contributed by atoms with van der Waals surface area (Å²) in [5.41, 5.74) is 1.43. The fourth-order valence-corrected chi connectivity index (χ4v) is 2.58. The van der Waals surface area contributed by atoms with Crippen LogP contribution in [0.2, 0.25) is 10.0 Å². The number of rotatable bonds is 5. The van der Waals surface area contributed by atoms with Crippen LogP contribution >= 0.6 is 23.2 Å². The first-order valence-corrected chi connectivity index (χ1v) is 8.31. The number of ether oxygens (including phenoxy) is 1. The number of aromatic nitrogens is 2. The number of carbonyl (C=O) groups is 1. The molecule has 132 valence electrons. The lowest BCUT2D eigenvalue weighted by atomic mass is 10.3. The molecule has 2 N–H and O–H groups in total. The Labute approximate surface area is 160 Å². The minimum atomic E-state index is -0.359. The van der Waals surface area contributed by atoms with E-state index in [1.165, 1.54) is 12.3 Å². The maximum Gasteiger partial charge on any atom is 0.274 e. The standard InChI is InChI=1S/C18H14Cl2N4O2/c1-26-13-5-3-12(4-6-13)22-17(25)16-8-9-21-18(24-16)23-15-7-2-11(19)10-14(15)20/h2-10H,1H3,(H,22,25)(H,21,23,24). The van der Waals surface area contributed by atoms with Gasteiger partial charge in [-0.2, -0.15) is 0 Å². The molecule has 2 aromatic carbocycles. The van der Waals surface area contributed by atoms with Crippen LogP contribution in [0.1, 0.15) is 10.5 Å². The Bertz CT molecular complexity index is 933. The van der Waals surface area contributed by atoms with E-state index in [0.29, 0.717) is 27.2 Å². The number of methoxy groups -OCH3 is 1. The number of benzene rings is 2. The van der Waals surface area contributed by atoms with Gasteiger partial charge in [-0.05, 0) is 48.5 Å². The third kappa shape index (κ3) is 4.41. The topological polar surface area (TPSA) is 76.1 Å². The summed E-state index contributed by atoms with van der Waals surface area (Å²) in [6.07, 6.45) is 1.49. The molecule has 0 fully saturated rings. The van der Waals surface area contributed by atoms with Crippen LogP contribution in [0.15, 0.2) is 54.7 Å². The Morgan fingerprint density at radius 3 is 2.54 bits per heavy atom. The number of nitrogens with one attached hydrogen (secondary N) is 2. The van der Waals surface area contributed by atoms with Gasteiger partial charge < -0.3 is 15.4 Å². The van der Waals surface area contributed by atoms with Gasteiger partial charge in [0.15, 0.2) is 0 Å². The van der Waals surface area contributed by atoms with Gasteiger partial charge in [0.25, 0.3) is 5.91 Å². The minimum Gasteiger partial charge on any atom is -0.497 e. The van der Waals surface area contributed by atoms with Crippen LogP contribution in [0.5, 0.6) is 5.75 Å². The second-order valence-corrected chi connectivity index (χ2v) is 6.04. The lowest BCUT2D eigenvalue weighted by Gasteiger charge is -2.09. The lowest BCUT2D eigenvalue weighted by Crippen LogP contribution is -2.14. The van der Waals surface area contributed by atoms with Crippen LogP contribution in [0.25, 0.3) is 0 Å². The monoisotopic (exact) mass is 388 g/mol. The molecule has 1 amide bonds. The fourth-order valence-electron chi connectivity index (χ4n) is 2.13. The Kier molecular flexibility index (Phi) is 5.55. The van der Waals surface area contributed by atoms with Crippen molar-refractivity contribution in [1.29, 1.82) is 0 Å². The van der Waals surface area contributed by atoms with Crippen molar-refractivity contribution < 1.29 is 9.53 Å². The van der Waals surface area contributed by atoms with Crippen molar-refractivity contribution in [3.63, 3.8) is 0 Å². The molecule has 1 heterocycles. The van der Waals surface area contributed by atoms with Crippen LogP contribution in [0.4, 0.5) is 17.3 Å². The zero-order valence-electron chi connectivity index (χ0n) is 13.7. The van der Waals surface area contributed by atoms with Crippen LogP contribution < -0.4 is 15.4 Å². The summed E-state index contributed by atoms with van der Waals surface area (Å²) in [4.78, 5) is 20.7. The van der Waals surface area contributed by atoms with E-state index < -0.39 is 0 Å². The van der Waals surface area contributed by atoms with Crippen molar-refractivity contribution in [3.05, 3.63) is 70.5 Å². The van der Waals surface area contributed by atoms with Gasteiger partial charge in [0.2, 0.25) is 5.95 Å². The Hall–Kier alpha value is -2.83. The molecule has 0 spiro atoms. The molecular formula is C18H14Cl2N4O2. The number of amides is 1. The van der Waals surface area contributed by atoms with Gasteiger partial charge in [0, 0.05) is 16.9 Å². The minimum absolute atomic E-state index is 0.211. The van der Waals surface area contributed by atoms with Crippen molar-refractivity contribution in [2.24, 2.45) is 0 Å². The van der Waals surface area contributed by atoms with Crippen LogP contribution in [0.3, 0.4) is 0 Å². The van der Waals surface area contributed by atoms with Gasteiger partial charge in [-0.1, -0.05) is 23.2 Å². The number of hydrogen-bond donors (Lipinski definition) is 2. The molecule has 8 heteroatoms. The number of anilines is 3. The number of halogens is 2. The summed E-state index contributed by atoms with van der Waals surface area (Å²) in [7, 11) is 1.58. The van der Waals surface area contributed by atoms with Crippen molar-refractivity contribution in [1.82, 2.24) is 9.97 Å². The van der Waals surface area contributed by atoms with Crippen LogP contribution in [-0.2, 0) is 0 Å². The molecule has 0 bridgehead atoms. The molecular weight excluding hydrogens is 375 g/mol. The summed E-state index contributed by atoms with van der Waals surface area (Å²) in [5.74, 6) is 0.593. The summed E-state index contributed by atoms with van der Waals surface area (Å²) >= 11 is 12.0. The SMILES string of the molecule is COc1ccc(NC(=O)c2ccnc(Nc3ccc(Cl)cc3Cl)n2)cc1. The summed E-state index contributed by atoms with van der Waals surface area (Å²) in [6, 6.07) is 13.5. The van der Waals surface area contributed by atoms with Gasteiger partial charge in [-0.15, -0.1) is 0 Å². The zero-order valence-corrected chi connectivity index (χ0v) is 15.2. The van der Waals surface area contributed by atoms with E-state index in [1.54, 1.807) is 49.6 Å². The summed E-state index contributed by atoms with van der Waals surface area (Å²) in [5, 5.41) is 6.68. The van der Waals surface area contributed by atoms with Crippen LogP contribution in [-0.4, -0.2) is 23.0 Å². The first kappa shape index (κ1) is 18.0. The Morgan fingerprint density at radius 1 is 1.08 bits per heavy atom. The molecule has 3 rings (SSSR count). The van der Waals surface area contributed by atoms with Crippen LogP contribution in [0, 0.1) is 0 Å². The summed E-state index contributed by atoms with van der Waals surface area (Å²) < 4.78 is 5.09. The molecule has 0 unspecified atom stereocenters. The second-order valence-electron chi connectivity index (χ2n) is 5.20. The van der Waals surface area contributed by atoms with Gasteiger partial charge in [-0.3, -0.25) is 4.79 Å². The third-order valence-electron chi connectivity index (χ3n) is 3.41. The predicted molar refractivity (Wildman–Crippen MR) is 103 cm³/mol. The molecule has 0 aliphatic carbocycles. The molecule has 6 nitrogen and oxygen atoms in total. The van der Waals surface area contributed by atoms with Gasteiger partial charge in [0.1, 0.15) is 11.4 Å². The maximum absolute atomic E-state index is 12.4. The first-order valence-electron chi connectivity index (χ1n) is 7.55. The highest BCUT2D eigenvalue weighted by atomic mass is 35.5. The Morgan fingerprint density at radius 2 is 1.85 bits per heavy atom. The third-order valence-corrected chi connectivity index (χ3v) is 3.96. The van der Waals surface area contributed by atoms with E-state index in [4.69, 9.17) is 27.9 Å². The quantitative estimate of drug-likeness (QED) is 0.656. The molecule has 0 saturated carbocycles. The van der Waals surface area contributed by atoms with Crippen molar-refractivity contribution in [3.8, 4) is 5.75 Å². The molecule has 26 heavy (non-hydrogen) atoms. The van der Waals surface area contributed by atoms with Gasteiger partial charge >= 0.3 is 0 Å². The maximum atomic E-state index is 12.4. The molecule has 0 aliphatic rings. The molecule has 0 saturated heterocycles. The average molecular weight is 389 g/mol. The highest BCUT2D eigenvalue weighted by molar-refractivity contribution is 6.36. The highest BCUT2D eigenvalue weighted by Gasteiger charge is 2.10. The largest absolute Gasteiger partial charge is 0.497 e. The van der Waals surface area contributed by atoms with Crippen molar-refractivity contribution >= 4 is 46.4 Å². The molecule has 1 aromatic heterocycles. The zero-order chi connectivity index (χ0) is 18.5. The van der Waals surface area contributed by atoms with Crippen molar-refractivity contribution in [2.45, 2.75) is 0 Å². The van der Waals surface area contributed by atoms with E-state index in [1.807, 2.05) is 0 Å². The highest BCUT2D eigenvalue weighted by Crippen LogP contribution is 2.27. The van der Waals surface area contributed by atoms with Gasteiger partial charge in [0.05, 0.1) is 17.8 Å². The van der Waals surface area contributed by atoms with Gasteiger partial charge in [-0.25, -0.2) is 9.97 Å². The lowest BCUT2D eigenvalue weighted by molar-refractivity contribution is 0.102. The predicted octanol–water partition coefficient (Wildman–Crippen LogP) is 4.79. The second kappa shape index (κ2) is 8.03. The molecule has 0 atom stereocenters. The normalized spacial score (nSPS) is 10.3. The smallest absolute Gasteiger partial charge is 0.274 e. The molecule has 0 radical (unpaired) electrons. The number of carbonyl (C=O) groups excluding carboxylic acids is 1. The van der Waals surface area contributed by atoms with E-state index >= 15 is 0 Å². The average Bonchev–Trinajstić information content (AvgIpc) is 2.65. The van der Waals surface area contributed by atoms with Crippen molar-refractivity contribution in [2.75, 3.05) is 17.7 Å². The van der Waals surface area contributed by atoms with E-state index in [-0.39, 0.29) is 17.5 Å². The first-order chi connectivity index (χ1) is 12.5. The fraction of sp³-hybridized carbons (Fsp3) is 0.0556. The van der Waals surface area contributed by atoms with E-state index in [2.05, 4.69) is 20.6 Å². The van der Waals surface area contributed by atoms with E-state index in [0.717, 1.165) is 0 Å². The number of nitrogens with zero attached hydrogens (tertiary/aromatic N) is 2. The summed E-state index contributed by atoms with van der Waals surface area (Å²) in [6.45, 7) is 0. The number of hydrogen-bond acceptors (Lipinski definition) is 5.